The van der Waals surface area contributed by atoms with Gasteiger partial charge in [-0.05, 0) is 127 Å². The monoisotopic (exact) mass is 804 g/mol. The zero-order chi connectivity index (χ0) is 40.6. The third-order valence-electron chi connectivity index (χ3n) is 16.3. The summed E-state index contributed by atoms with van der Waals surface area (Å²) in [5.41, 5.74) is -1.64. The Hall–Kier alpha value is -4.11. The van der Waals surface area contributed by atoms with Crippen LogP contribution in [0.4, 0.5) is 0 Å². The number of aromatic hydroxyl groups is 1. The largest absolute Gasteiger partial charge is 0.508 e. The Morgan fingerprint density at radius 1 is 0.932 bits per heavy atom. The number of hydrogen-bond acceptors (Lipinski definition) is 11. The number of carbonyl (C=O) groups excluding carboxylic acids is 1. The molecule has 2 aliphatic heterocycles. The van der Waals surface area contributed by atoms with E-state index in [9.17, 15) is 35.4 Å². The first-order valence-electron chi connectivity index (χ1n) is 21.4. The highest BCUT2D eigenvalue weighted by Crippen LogP contribution is 2.73. The number of aromatic nitrogens is 1. The molecule has 0 amide bonds. The number of hydrogen-bond donors (Lipinski definition) is 8. The third kappa shape index (κ3) is 4.80. The van der Waals surface area contributed by atoms with Gasteiger partial charge in [0.05, 0.1) is 35.4 Å². The van der Waals surface area contributed by atoms with Gasteiger partial charge in [0.1, 0.15) is 18.0 Å². The number of fused-ring (bicyclic) bond motifs is 9. The highest BCUT2D eigenvalue weighted by atomic mass is 16.7. The Kier molecular flexibility index (Phi) is 8.47. The van der Waals surface area contributed by atoms with Gasteiger partial charge in [0.15, 0.2) is 17.5 Å². The van der Waals surface area contributed by atoms with Crippen LogP contribution in [0.25, 0.3) is 32.4 Å². The van der Waals surface area contributed by atoms with Crippen molar-refractivity contribution in [2.24, 2.45) is 29.1 Å². The van der Waals surface area contributed by atoms with Crippen LogP contribution in [0, 0.1) is 29.1 Å². The molecule has 4 aliphatic carbocycles. The molecule has 6 aliphatic rings. The van der Waals surface area contributed by atoms with Crippen molar-refractivity contribution in [1.29, 1.82) is 0 Å². The SMILES string of the molecule is CNCC1CC2C3CCC(O)C4(O)OC(C(=O)Oc5c(CO)[nH]c6ccc7cc8ccccc8cc7c56)C(OC2C2(CCC5CCCC52c2ccc(O)cc2)C1O)C34O. The molecule has 8 N–H and O–H groups in total. The molecule has 3 heterocycles. The van der Waals surface area contributed by atoms with Crippen LogP contribution in [-0.2, 0) is 26.3 Å². The van der Waals surface area contributed by atoms with E-state index >= 15 is 0 Å². The number of benzene rings is 4. The van der Waals surface area contributed by atoms with Crippen LogP contribution < -0.4 is 10.1 Å². The van der Waals surface area contributed by atoms with Crippen LogP contribution in [0.3, 0.4) is 0 Å². The molecule has 310 valence electrons. The van der Waals surface area contributed by atoms with Crippen LogP contribution in [0.2, 0.25) is 0 Å². The Balaban J connectivity index is 1.05. The molecule has 0 radical (unpaired) electrons. The maximum Gasteiger partial charge on any atom is 0.343 e. The summed E-state index contributed by atoms with van der Waals surface area (Å²) in [6, 6.07) is 23.2. The Bertz CT molecular complexity index is 2490. The second-order valence-electron chi connectivity index (χ2n) is 18.5. The molecule has 12 nitrogen and oxygen atoms in total. The van der Waals surface area contributed by atoms with Crippen molar-refractivity contribution in [3.8, 4) is 11.5 Å². The normalized spacial score (nSPS) is 39.8. The first-order chi connectivity index (χ1) is 28.5. The van der Waals surface area contributed by atoms with E-state index in [0.717, 1.165) is 52.8 Å². The van der Waals surface area contributed by atoms with E-state index in [-0.39, 0.29) is 41.4 Å². The minimum absolute atomic E-state index is 0.104. The number of ether oxygens (including phenoxy) is 3. The Morgan fingerprint density at radius 2 is 1.71 bits per heavy atom. The summed E-state index contributed by atoms with van der Waals surface area (Å²) in [4.78, 5) is 18.1. The average molecular weight is 805 g/mol. The quantitative estimate of drug-likeness (QED) is 0.0879. The zero-order valence-electron chi connectivity index (χ0n) is 33.0. The Morgan fingerprint density at radius 3 is 2.47 bits per heavy atom. The molecule has 2 saturated heterocycles. The number of phenols is 1. The van der Waals surface area contributed by atoms with Crippen molar-refractivity contribution in [3.63, 3.8) is 0 Å². The molecule has 0 bridgehead atoms. The number of carbonyl (C=O) groups is 1. The van der Waals surface area contributed by atoms with E-state index in [4.69, 9.17) is 14.2 Å². The maximum atomic E-state index is 14.9. The summed E-state index contributed by atoms with van der Waals surface area (Å²) >= 11 is 0. The second kappa shape index (κ2) is 13.2. The summed E-state index contributed by atoms with van der Waals surface area (Å²) in [5.74, 6) is -4.23. The summed E-state index contributed by atoms with van der Waals surface area (Å²) in [7, 11) is 1.87. The molecule has 5 aromatic rings. The molecule has 4 saturated carbocycles. The number of esters is 1. The minimum Gasteiger partial charge on any atom is -0.508 e. The van der Waals surface area contributed by atoms with Gasteiger partial charge in [-0.3, -0.25) is 0 Å². The van der Waals surface area contributed by atoms with Crippen molar-refractivity contribution < 1.29 is 49.6 Å². The van der Waals surface area contributed by atoms with Gasteiger partial charge in [-0.1, -0.05) is 48.9 Å². The van der Waals surface area contributed by atoms with E-state index in [1.165, 1.54) is 0 Å². The number of nitrogens with one attached hydrogen (secondary N) is 2. The molecule has 11 rings (SSSR count). The van der Waals surface area contributed by atoms with E-state index in [1.54, 1.807) is 12.1 Å². The minimum atomic E-state index is -2.55. The average Bonchev–Trinajstić information content (AvgIpc) is 3.97. The topological polar surface area (TPSA) is 194 Å². The van der Waals surface area contributed by atoms with Gasteiger partial charge in [-0.15, -0.1) is 0 Å². The number of aliphatic hydroxyl groups excluding tert-OH is 3. The molecule has 4 aromatic carbocycles. The zero-order valence-corrected chi connectivity index (χ0v) is 33.0. The van der Waals surface area contributed by atoms with Gasteiger partial charge in [0.2, 0.25) is 5.79 Å². The van der Waals surface area contributed by atoms with Gasteiger partial charge >= 0.3 is 5.97 Å². The molecule has 13 atom stereocenters. The van der Waals surface area contributed by atoms with Crippen molar-refractivity contribution in [2.45, 2.75) is 105 Å². The Labute approximate surface area is 341 Å². The fraction of sp³-hybridized carbons (Fsp3) is 0.511. The van der Waals surface area contributed by atoms with Crippen molar-refractivity contribution in [1.82, 2.24) is 10.3 Å². The van der Waals surface area contributed by atoms with Crippen LogP contribution in [0.1, 0.15) is 62.6 Å². The summed E-state index contributed by atoms with van der Waals surface area (Å²) in [6.07, 6.45) is -0.942. The van der Waals surface area contributed by atoms with Crippen LogP contribution in [0.15, 0.2) is 72.8 Å². The van der Waals surface area contributed by atoms with E-state index in [0.29, 0.717) is 36.7 Å². The molecule has 12 heteroatoms. The van der Waals surface area contributed by atoms with Gasteiger partial charge in [0, 0.05) is 23.3 Å². The smallest absolute Gasteiger partial charge is 0.343 e. The van der Waals surface area contributed by atoms with Crippen LogP contribution >= 0.6 is 0 Å². The lowest BCUT2D eigenvalue weighted by Gasteiger charge is -2.66. The number of phenolic OH excluding ortho intramolecular Hbond substituents is 1. The number of aromatic amines is 1. The van der Waals surface area contributed by atoms with Crippen LogP contribution in [0.5, 0.6) is 11.5 Å². The van der Waals surface area contributed by atoms with Crippen molar-refractivity contribution >= 4 is 38.4 Å². The summed E-state index contributed by atoms with van der Waals surface area (Å²) in [5, 5.41) is 78.6. The lowest BCUT2D eigenvalue weighted by molar-refractivity contribution is -0.371. The number of H-pyrrole nitrogens is 1. The second-order valence-corrected chi connectivity index (χ2v) is 18.5. The van der Waals surface area contributed by atoms with Gasteiger partial charge in [-0.2, -0.15) is 0 Å². The van der Waals surface area contributed by atoms with E-state index in [2.05, 4.69) is 16.4 Å². The van der Waals surface area contributed by atoms with Gasteiger partial charge in [-0.25, -0.2) is 4.79 Å². The van der Waals surface area contributed by atoms with Crippen LogP contribution in [-0.4, -0.2) is 97.1 Å². The predicted octanol–water partition coefficient (Wildman–Crippen LogP) is 4.67. The highest BCUT2D eigenvalue weighted by Gasteiger charge is 2.82. The number of rotatable bonds is 6. The predicted molar refractivity (Wildman–Crippen MR) is 217 cm³/mol. The molecule has 13 unspecified atom stereocenters. The fourth-order valence-electron chi connectivity index (χ4n) is 14.1. The highest BCUT2D eigenvalue weighted by molar-refractivity contribution is 6.14. The van der Waals surface area contributed by atoms with Crippen molar-refractivity contribution in [3.05, 3.63) is 84.1 Å². The molecule has 59 heavy (non-hydrogen) atoms. The molecular weight excluding hydrogens is 753 g/mol. The third-order valence-corrected chi connectivity index (χ3v) is 16.3. The van der Waals surface area contributed by atoms with E-state index in [1.807, 2.05) is 61.6 Å². The lowest BCUT2D eigenvalue weighted by Crippen LogP contribution is -2.77. The van der Waals surface area contributed by atoms with Crippen molar-refractivity contribution in [2.75, 3.05) is 13.6 Å². The molecule has 1 spiro atoms. The standard InChI is InChI=1S/C47H52N2O10/c1-48-22-27-21-32-33-13-15-36(52)47(56)46(33,55)42(58-41(32)45(40(27)53)18-16-28-7-4-17-44(28,45)29-9-11-30(51)12-10-29)39(59-47)43(54)57-38-35(23-50)49-34-14-8-26-19-24-5-2-3-6-25(24)20-31(26)37(34)38/h2-3,5-6,8-12,14,19-20,27-28,32-33,36,39-42,48-53,55-56H,4,7,13,15-18,21-23H2,1H3. The fourth-order valence-corrected chi connectivity index (χ4v) is 14.1. The molecule has 1 aromatic heterocycles. The molecular formula is C47H52N2O10. The summed E-state index contributed by atoms with van der Waals surface area (Å²) < 4.78 is 19.8. The van der Waals surface area contributed by atoms with Gasteiger partial charge in [0.25, 0.3) is 0 Å². The number of aliphatic hydroxyl groups is 5. The maximum absolute atomic E-state index is 14.9. The first kappa shape index (κ1) is 37.9. The van der Waals surface area contributed by atoms with Gasteiger partial charge < -0.3 is 55.2 Å². The first-order valence-corrected chi connectivity index (χ1v) is 21.4. The lowest BCUT2D eigenvalue weighted by atomic mass is 9.44. The molecule has 6 fully saturated rings. The summed E-state index contributed by atoms with van der Waals surface area (Å²) in [6.45, 7) is 0.0581. The van der Waals surface area contributed by atoms with E-state index < -0.39 is 71.2 Å².